The molecule has 0 saturated carbocycles. The second-order valence-corrected chi connectivity index (χ2v) is 4.91. The Morgan fingerprint density at radius 3 is 2.90 bits per heavy atom. The van der Waals surface area contributed by atoms with Gasteiger partial charge in [0.1, 0.15) is 5.82 Å². The average Bonchev–Trinajstić information content (AvgIpc) is 2.39. The molecule has 1 heterocycles. The van der Waals surface area contributed by atoms with Crippen LogP contribution in [0.25, 0.3) is 0 Å². The third kappa shape index (κ3) is 4.46. The Kier molecular flexibility index (Phi) is 4.81. The van der Waals surface area contributed by atoms with Gasteiger partial charge in [0.25, 0.3) is 0 Å². The fraction of sp³-hybridized carbons (Fsp3) is 0.357. The first-order valence-electron chi connectivity index (χ1n) is 6.59. The van der Waals surface area contributed by atoms with Crippen LogP contribution in [0.2, 0.25) is 0 Å². The fourth-order valence-electron chi connectivity index (χ4n) is 1.63. The number of hydrogen-bond donors (Lipinski definition) is 2. The van der Waals surface area contributed by atoms with Crippen molar-refractivity contribution in [3.05, 3.63) is 36.3 Å². The predicted octanol–water partition coefficient (Wildman–Crippen LogP) is 3.21. The van der Waals surface area contributed by atoms with Crippen LogP contribution in [0.15, 0.2) is 30.5 Å². The summed E-state index contributed by atoms with van der Waals surface area (Å²) >= 11 is 0. The quantitative estimate of drug-likeness (QED) is 0.847. The molecule has 0 fully saturated rings. The molecule has 1 aromatic heterocycles. The molecular formula is C14H18FN5. The van der Waals surface area contributed by atoms with Gasteiger partial charge in [0, 0.05) is 12.2 Å². The van der Waals surface area contributed by atoms with E-state index in [1.54, 1.807) is 18.3 Å². The minimum atomic E-state index is -0.311. The molecule has 0 bridgehead atoms. The lowest BCUT2D eigenvalue weighted by molar-refractivity contribution is 0.606. The number of nitrogens with one attached hydrogen (secondary N) is 2. The summed E-state index contributed by atoms with van der Waals surface area (Å²) in [5, 5.41) is 13.8. The van der Waals surface area contributed by atoms with Crippen molar-refractivity contribution in [2.75, 3.05) is 17.2 Å². The molecule has 20 heavy (non-hydrogen) atoms. The first kappa shape index (κ1) is 14.2. The van der Waals surface area contributed by atoms with Gasteiger partial charge >= 0.3 is 0 Å². The number of rotatable bonds is 6. The molecular weight excluding hydrogens is 257 g/mol. The first-order valence-corrected chi connectivity index (χ1v) is 6.59. The average molecular weight is 275 g/mol. The molecule has 0 atom stereocenters. The minimum Gasteiger partial charge on any atom is -0.369 e. The molecule has 2 aromatic rings. The van der Waals surface area contributed by atoms with Gasteiger partial charge in [0.2, 0.25) is 5.95 Å². The van der Waals surface area contributed by atoms with E-state index in [0.29, 0.717) is 23.4 Å². The van der Waals surface area contributed by atoms with E-state index >= 15 is 0 Å². The standard InChI is InChI=1S/C14H18FN5/c1-10(2)6-7-16-13-9-17-20-14(19-13)18-12-5-3-4-11(15)8-12/h3-5,8-10H,6-7H2,1-2H3,(H2,16,18,19,20). The van der Waals surface area contributed by atoms with Crippen molar-refractivity contribution in [1.29, 1.82) is 0 Å². The third-order valence-corrected chi connectivity index (χ3v) is 2.67. The van der Waals surface area contributed by atoms with E-state index in [4.69, 9.17) is 0 Å². The van der Waals surface area contributed by atoms with Gasteiger partial charge in [-0.3, -0.25) is 0 Å². The maximum atomic E-state index is 13.1. The van der Waals surface area contributed by atoms with Crippen LogP contribution in [-0.2, 0) is 0 Å². The SMILES string of the molecule is CC(C)CCNc1cnnc(Nc2cccc(F)c2)n1. The molecule has 6 heteroatoms. The maximum Gasteiger partial charge on any atom is 0.249 e. The first-order chi connectivity index (χ1) is 9.63. The zero-order valence-electron chi connectivity index (χ0n) is 11.6. The summed E-state index contributed by atoms with van der Waals surface area (Å²) in [5.41, 5.74) is 0.589. The summed E-state index contributed by atoms with van der Waals surface area (Å²) in [6.07, 6.45) is 2.62. The number of hydrogen-bond acceptors (Lipinski definition) is 5. The Bertz CT molecular complexity index is 559. The molecule has 0 aliphatic carbocycles. The monoisotopic (exact) mass is 275 g/mol. The van der Waals surface area contributed by atoms with E-state index in [2.05, 4.69) is 39.7 Å². The van der Waals surface area contributed by atoms with Gasteiger partial charge in [-0.25, -0.2) is 4.39 Å². The molecule has 0 aliphatic heterocycles. The Morgan fingerprint density at radius 2 is 2.15 bits per heavy atom. The van der Waals surface area contributed by atoms with Gasteiger partial charge in [0.15, 0.2) is 5.82 Å². The number of nitrogens with zero attached hydrogens (tertiary/aromatic N) is 3. The third-order valence-electron chi connectivity index (χ3n) is 2.67. The van der Waals surface area contributed by atoms with Gasteiger partial charge in [-0.15, -0.1) is 5.10 Å². The molecule has 0 radical (unpaired) electrons. The van der Waals surface area contributed by atoms with Crippen molar-refractivity contribution in [2.24, 2.45) is 5.92 Å². The summed E-state index contributed by atoms with van der Waals surface area (Å²) in [5.74, 6) is 1.31. The van der Waals surface area contributed by atoms with Crippen LogP contribution in [0.5, 0.6) is 0 Å². The lowest BCUT2D eigenvalue weighted by atomic mass is 10.1. The second-order valence-electron chi connectivity index (χ2n) is 4.91. The number of aromatic nitrogens is 3. The molecule has 0 aliphatic rings. The zero-order valence-corrected chi connectivity index (χ0v) is 11.6. The molecule has 0 spiro atoms. The van der Waals surface area contributed by atoms with Gasteiger partial charge in [-0.1, -0.05) is 19.9 Å². The minimum absolute atomic E-state index is 0.311. The van der Waals surface area contributed by atoms with E-state index in [0.717, 1.165) is 13.0 Å². The predicted molar refractivity (Wildman–Crippen MR) is 77.5 cm³/mol. The fourth-order valence-corrected chi connectivity index (χ4v) is 1.63. The van der Waals surface area contributed by atoms with Crippen LogP contribution in [0.3, 0.4) is 0 Å². The molecule has 2 N–H and O–H groups in total. The molecule has 0 amide bonds. The topological polar surface area (TPSA) is 62.7 Å². The van der Waals surface area contributed by atoms with Crippen molar-refractivity contribution >= 4 is 17.5 Å². The van der Waals surface area contributed by atoms with Crippen molar-refractivity contribution in [2.45, 2.75) is 20.3 Å². The van der Waals surface area contributed by atoms with Gasteiger partial charge < -0.3 is 10.6 Å². The molecule has 2 rings (SSSR count). The van der Waals surface area contributed by atoms with E-state index in [1.165, 1.54) is 12.1 Å². The summed E-state index contributed by atoms with van der Waals surface area (Å²) in [6, 6.07) is 6.12. The van der Waals surface area contributed by atoms with Crippen molar-refractivity contribution in [1.82, 2.24) is 15.2 Å². The lowest BCUT2D eigenvalue weighted by Crippen LogP contribution is -2.08. The van der Waals surface area contributed by atoms with Gasteiger partial charge in [-0.2, -0.15) is 10.1 Å². The Labute approximate surface area is 117 Å². The normalized spacial score (nSPS) is 10.6. The number of anilines is 3. The maximum absolute atomic E-state index is 13.1. The molecule has 0 saturated heterocycles. The zero-order chi connectivity index (χ0) is 14.4. The summed E-state index contributed by atoms with van der Waals surface area (Å²) in [7, 11) is 0. The second kappa shape index (κ2) is 6.79. The number of benzene rings is 1. The smallest absolute Gasteiger partial charge is 0.249 e. The molecule has 0 unspecified atom stereocenters. The van der Waals surface area contributed by atoms with E-state index < -0.39 is 0 Å². The van der Waals surface area contributed by atoms with Gasteiger partial charge in [-0.05, 0) is 30.5 Å². The lowest BCUT2D eigenvalue weighted by Gasteiger charge is -2.08. The van der Waals surface area contributed by atoms with E-state index in [-0.39, 0.29) is 5.82 Å². The number of halogens is 1. The highest BCUT2D eigenvalue weighted by Crippen LogP contribution is 2.14. The summed E-state index contributed by atoms with van der Waals surface area (Å²) < 4.78 is 13.1. The van der Waals surface area contributed by atoms with Crippen LogP contribution in [0, 0.1) is 11.7 Å². The van der Waals surface area contributed by atoms with Crippen molar-refractivity contribution in [3.63, 3.8) is 0 Å². The van der Waals surface area contributed by atoms with E-state index in [1.807, 2.05) is 0 Å². The van der Waals surface area contributed by atoms with Crippen LogP contribution in [0.1, 0.15) is 20.3 Å². The highest BCUT2D eigenvalue weighted by Gasteiger charge is 2.02. The highest BCUT2D eigenvalue weighted by atomic mass is 19.1. The Balaban J connectivity index is 1.99. The van der Waals surface area contributed by atoms with Crippen molar-refractivity contribution < 1.29 is 4.39 Å². The molecule has 106 valence electrons. The van der Waals surface area contributed by atoms with E-state index in [9.17, 15) is 4.39 Å². The largest absolute Gasteiger partial charge is 0.369 e. The van der Waals surface area contributed by atoms with Crippen LogP contribution < -0.4 is 10.6 Å². The van der Waals surface area contributed by atoms with Crippen molar-refractivity contribution in [3.8, 4) is 0 Å². The Hall–Kier alpha value is -2.24. The summed E-state index contributed by atoms with van der Waals surface area (Å²) in [4.78, 5) is 4.28. The molecule has 5 nitrogen and oxygen atoms in total. The Morgan fingerprint density at radius 1 is 1.30 bits per heavy atom. The molecule has 1 aromatic carbocycles. The van der Waals surface area contributed by atoms with Crippen LogP contribution in [0.4, 0.5) is 21.8 Å². The van der Waals surface area contributed by atoms with Crippen LogP contribution >= 0.6 is 0 Å². The summed E-state index contributed by atoms with van der Waals surface area (Å²) in [6.45, 7) is 5.16. The van der Waals surface area contributed by atoms with Crippen LogP contribution in [-0.4, -0.2) is 21.7 Å². The highest BCUT2D eigenvalue weighted by molar-refractivity contribution is 5.53. The van der Waals surface area contributed by atoms with Gasteiger partial charge in [0.05, 0.1) is 6.20 Å².